The molecule has 0 saturated heterocycles. The minimum atomic E-state index is -0.965. The maximum atomic E-state index is 12.9. The Bertz CT molecular complexity index is 1420. The number of aryl methyl sites for hydroxylation is 1. The average Bonchev–Trinajstić information content (AvgIpc) is 3.64. The van der Waals surface area contributed by atoms with E-state index in [-0.39, 0.29) is 5.91 Å². The molecule has 4 aromatic rings. The van der Waals surface area contributed by atoms with E-state index in [4.69, 9.17) is 11.6 Å². The Labute approximate surface area is 213 Å². The normalized spacial score (nSPS) is 14.3. The maximum absolute atomic E-state index is 12.9. The van der Waals surface area contributed by atoms with E-state index in [1.54, 1.807) is 0 Å². The SMILES string of the molecule is CCS(=O)c1ccc(CNC(=O)c2ccc3c(c2)cc(Cc2ccc(Cl)cc2C)n3C2CC2)cc1. The largest absolute Gasteiger partial charge is 0.348 e. The Hall–Kier alpha value is -2.89. The molecule has 1 saturated carbocycles. The summed E-state index contributed by atoms with van der Waals surface area (Å²) in [7, 11) is -0.965. The lowest BCUT2D eigenvalue weighted by Gasteiger charge is -2.12. The number of amides is 1. The first-order valence-corrected chi connectivity index (χ1v) is 13.8. The topological polar surface area (TPSA) is 51.1 Å². The Morgan fingerprint density at radius 3 is 2.51 bits per heavy atom. The van der Waals surface area contributed by atoms with E-state index >= 15 is 0 Å². The minimum absolute atomic E-state index is 0.0950. The van der Waals surface area contributed by atoms with Crippen molar-refractivity contribution in [3.8, 4) is 0 Å². The third kappa shape index (κ3) is 5.21. The summed E-state index contributed by atoms with van der Waals surface area (Å²) in [5.41, 5.74) is 6.56. The van der Waals surface area contributed by atoms with Crippen LogP contribution in [-0.2, 0) is 23.8 Å². The molecule has 0 spiro atoms. The average molecular weight is 505 g/mol. The zero-order valence-corrected chi connectivity index (χ0v) is 21.6. The van der Waals surface area contributed by atoms with Crippen LogP contribution in [-0.4, -0.2) is 20.4 Å². The predicted molar refractivity (Wildman–Crippen MR) is 144 cm³/mol. The quantitative estimate of drug-likeness (QED) is 0.294. The van der Waals surface area contributed by atoms with Gasteiger partial charge in [0.1, 0.15) is 0 Å². The summed E-state index contributed by atoms with van der Waals surface area (Å²) < 4.78 is 14.4. The maximum Gasteiger partial charge on any atom is 0.251 e. The zero-order chi connectivity index (χ0) is 24.5. The number of carbonyl (C=O) groups excluding carboxylic acids is 1. The lowest BCUT2D eigenvalue weighted by molar-refractivity contribution is 0.0951. The summed E-state index contributed by atoms with van der Waals surface area (Å²) >= 11 is 6.16. The van der Waals surface area contributed by atoms with Crippen LogP contribution in [0.5, 0.6) is 0 Å². The number of carbonyl (C=O) groups is 1. The molecule has 1 atom stereocenters. The highest BCUT2D eigenvalue weighted by Gasteiger charge is 2.27. The van der Waals surface area contributed by atoms with Crippen LogP contribution in [0.4, 0.5) is 0 Å². The van der Waals surface area contributed by atoms with Crippen molar-refractivity contribution in [1.29, 1.82) is 0 Å². The van der Waals surface area contributed by atoms with Crippen molar-refractivity contribution in [2.24, 2.45) is 0 Å². The molecule has 1 aromatic heterocycles. The van der Waals surface area contributed by atoms with Gasteiger partial charge in [-0.25, -0.2) is 0 Å². The van der Waals surface area contributed by atoms with E-state index in [0.717, 1.165) is 27.3 Å². The molecule has 1 fully saturated rings. The third-order valence-electron chi connectivity index (χ3n) is 6.67. The summed E-state index contributed by atoms with van der Waals surface area (Å²) in [6, 6.07) is 22.4. The molecule has 0 aliphatic heterocycles. The van der Waals surface area contributed by atoms with E-state index in [2.05, 4.69) is 35.0 Å². The first-order valence-electron chi connectivity index (χ1n) is 12.1. The number of hydrogen-bond donors (Lipinski definition) is 1. The Balaban J connectivity index is 1.35. The van der Waals surface area contributed by atoms with Crippen molar-refractivity contribution >= 4 is 39.2 Å². The van der Waals surface area contributed by atoms with Gasteiger partial charge >= 0.3 is 0 Å². The summed E-state index contributed by atoms with van der Waals surface area (Å²) in [5.74, 6) is 0.504. The van der Waals surface area contributed by atoms with E-state index < -0.39 is 10.8 Å². The number of halogens is 1. The van der Waals surface area contributed by atoms with Gasteiger partial charge in [0.25, 0.3) is 5.91 Å². The Morgan fingerprint density at radius 1 is 1.06 bits per heavy atom. The highest BCUT2D eigenvalue weighted by molar-refractivity contribution is 7.85. The highest BCUT2D eigenvalue weighted by atomic mass is 35.5. The number of fused-ring (bicyclic) bond motifs is 1. The second-order valence-corrected chi connectivity index (χ2v) is 11.4. The molecule has 1 amide bonds. The van der Waals surface area contributed by atoms with Gasteiger partial charge in [-0.3, -0.25) is 9.00 Å². The third-order valence-corrected chi connectivity index (χ3v) is 8.23. The van der Waals surface area contributed by atoms with Crippen LogP contribution in [0, 0.1) is 6.92 Å². The fourth-order valence-corrected chi connectivity index (χ4v) is 5.60. The van der Waals surface area contributed by atoms with E-state index in [1.807, 2.05) is 55.5 Å². The smallest absolute Gasteiger partial charge is 0.251 e. The molecule has 1 aliphatic carbocycles. The fourth-order valence-electron chi connectivity index (χ4n) is 4.60. The molecule has 0 bridgehead atoms. The van der Waals surface area contributed by atoms with Gasteiger partial charge < -0.3 is 9.88 Å². The van der Waals surface area contributed by atoms with Gasteiger partial charge in [0.2, 0.25) is 0 Å². The van der Waals surface area contributed by atoms with Gasteiger partial charge in [-0.05, 0) is 85.0 Å². The molecule has 1 N–H and O–H groups in total. The molecule has 5 rings (SSSR count). The van der Waals surface area contributed by atoms with Crippen LogP contribution in [0.3, 0.4) is 0 Å². The lowest BCUT2D eigenvalue weighted by Crippen LogP contribution is -2.22. The highest BCUT2D eigenvalue weighted by Crippen LogP contribution is 2.40. The van der Waals surface area contributed by atoms with Gasteiger partial charge in [-0.15, -0.1) is 0 Å². The van der Waals surface area contributed by atoms with Crippen LogP contribution in [0.2, 0.25) is 5.02 Å². The van der Waals surface area contributed by atoms with Gasteiger partial charge in [-0.2, -0.15) is 0 Å². The van der Waals surface area contributed by atoms with Crippen molar-refractivity contribution < 1.29 is 9.00 Å². The Kier molecular flexibility index (Phi) is 6.81. The molecular formula is C29H29ClN2O2S. The minimum Gasteiger partial charge on any atom is -0.348 e. The van der Waals surface area contributed by atoms with Crippen LogP contribution in [0.1, 0.15) is 58.5 Å². The van der Waals surface area contributed by atoms with Crippen molar-refractivity contribution in [1.82, 2.24) is 9.88 Å². The van der Waals surface area contributed by atoms with E-state index in [0.29, 0.717) is 23.9 Å². The molecule has 3 aromatic carbocycles. The molecule has 35 heavy (non-hydrogen) atoms. The van der Waals surface area contributed by atoms with Gasteiger partial charge in [0, 0.05) is 56.8 Å². The molecule has 180 valence electrons. The van der Waals surface area contributed by atoms with Crippen LogP contribution in [0.25, 0.3) is 10.9 Å². The van der Waals surface area contributed by atoms with Gasteiger partial charge in [0.05, 0.1) is 10.8 Å². The van der Waals surface area contributed by atoms with Crippen molar-refractivity contribution in [3.05, 3.63) is 99.7 Å². The second kappa shape index (κ2) is 10.00. The first-order chi connectivity index (χ1) is 16.9. The first kappa shape index (κ1) is 23.8. The summed E-state index contributed by atoms with van der Waals surface area (Å²) in [6.45, 7) is 4.44. The molecule has 4 nitrogen and oxygen atoms in total. The molecule has 1 unspecified atom stereocenters. The van der Waals surface area contributed by atoms with Crippen molar-refractivity contribution in [3.63, 3.8) is 0 Å². The Morgan fingerprint density at radius 2 is 1.83 bits per heavy atom. The van der Waals surface area contributed by atoms with Gasteiger partial charge in [-0.1, -0.05) is 36.7 Å². The summed E-state index contributed by atoms with van der Waals surface area (Å²) in [5, 5.41) is 4.87. The van der Waals surface area contributed by atoms with Crippen molar-refractivity contribution in [2.75, 3.05) is 5.75 Å². The molecule has 1 aliphatic rings. The monoisotopic (exact) mass is 504 g/mol. The molecule has 6 heteroatoms. The number of hydrogen-bond acceptors (Lipinski definition) is 2. The molecular weight excluding hydrogens is 476 g/mol. The standard InChI is InChI=1S/C29H29ClN2O2S/c1-3-35(34)27-11-4-20(5-12-27)18-31-29(33)22-7-13-28-23(15-22)17-26(32(28)25-9-10-25)16-21-6-8-24(30)14-19(21)2/h4-8,11-15,17,25H,3,9-10,16,18H2,1-2H3,(H,31,33). The van der Waals surface area contributed by atoms with E-state index in [9.17, 15) is 9.00 Å². The number of aromatic nitrogens is 1. The fraction of sp³-hybridized carbons (Fsp3) is 0.276. The number of nitrogens with zero attached hydrogens (tertiary/aromatic N) is 1. The number of nitrogens with one attached hydrogen (secondary N) is 1. The van der Waals surface area contributed by atoms with Crippen molar-refractivity contribution in [2.45, 2.75) is 50.6 Å². The van der Waals surface area contributed by atoms with Crippen LogP contribution >= 0.6 is 11.6 Å². The number of rotatable bonds is 8. The molecule has 1 heterocycles. The van der Waals surface area contributed by atoms with Crippen LogP contribution in [0.15, 0.2) is 71.6 Å². The number of benzene rings is 3. The van der Waals surface area contributed by atoms with Crippen LogP contribution < -0.4 is 5.32 Å². The van der Waals surface area contributed by atoms with Gasteiger partial charge in [0.15, 0.2) is 0 Å². The molecule has 0 radical (unpaired) electrons. The lowest BCUT2D eigenvalue weighted by atomic mass is 10.0. The second-order valence-electron chi connectivity index (χ2n) is 9.22. The summed E-state index contributed by atoms with van der Waals surface area (Å²) in [6.07, 6.45) is 3.24. The zero-order valence-electron chi connectivity index (χ0n) is 20.0. The summed E-state index contributed by atoms with van der Waals surface area (Å²) in [4.78, 5) is 13.7. The van der Waals surface area contributed by atoms with E-state index in [1.165, 1.54) is 35.2 Å². The predicted octanol–water partition coefficient (Wildman–Crippen LogP) is 6.59.